The van der Waals surface area contributed by atoms with E-state index >= 15 is 0 Å². The third-order valence-corrected chi connectivity index (χ3v) is 4.18. The van der Waals surface area contributed by atoms with Crippen LogP contribution < -0.4 is 5.32 Å². The average Bonchev–Trinajstić information content (AvgIpc) is 2.55. The maximum atomic E-state index is 12.5. The van der Waals surface area contributed by atoms with Crippen LogP contribution >= 0.6 is 0 Å². The smallest absolute Gasteiger partial charge is 0.253 e. The fourth-order valence-electron chi connectivity index (χ4n) is 2.78. The van der Waals surface area contributed by atoms with Crippen LogP contribution in [-0.2, 0) is 4.79 Å². The van der Waals surface area contributed by atoms with E-state index in [1.54, 1.807) is 24.3 Å². The number of nitrogens with one attached hydrogen (secondary N) is 1. The highest BCUT2D eigenvalue weighted by atomic mass is 16.2. The molecule has 0 bridgehead atoms. The van der Waals surface area contributed by atoms with Crippen LogP contribution in [0, 0.1) is 0 Å². The Hall–Kier alpha value is -1.84. The molecule has 114 valence electrons. The van der Waals surface area contributed by atoms with Crippen molar-refractivity contribution in [2.75, 3.05) is 12.4 Å². The molecule has 0 unspecified atom stereocenters. The number of hydrogen-bond donors (Lipinski definition) is 1. The first-order chi connectivity index (χ1) is 10.1. The molecule has 0 atom stereocenters. The van der Waals surface area contributed by atoms with Crippen LogP contribution in [0.15, 0.2) is 24.3 Å². The van der Waals surface area contributed by atoms with Gasteiger partial charge in [0.2, 0.25) is 5.91 Å². The van der Waals surface area contributed by atoms with E-state index in [9.17, 15) is 9.59 Å². The standard InChI is InChI=1S/C17H24N2O2/c1-3-16(20)18-14-11-9-13(10-12-14)17(21)19(2)15-7-5-4-6-8-15/h9-12,15H,3-8H2,1-2H3,(H,18,20). The van der Waals surface area contributed by atoms with Gasteiger partial charge in [0.15, 0.2) is 0 Å². The number of carbonyl (C=O) groups is 2. The Bertz CT molecular complexity index is 490. The Balaban J connectivity index is 2.00. The second-order valence-electron chi connectivity index (χ2n) is 5.69. The zero-order valence-electron chi connectivity index (χ0n) is 12.9. The number of rotatable bonds is 4. The lowest BCUT2D eigenvalue weighted by Gasteiger charge is -2.31. The first-order valence-corrected chi connectivity index (χ1v) is 7.79. The second-order valence-corrected chi connectivity index (χ2v) is 5.69. The van der Waals surface area contributed by atoms with E-state index in [1.807, 2.05) is 18.9 Å². The SMILES string of the molecule is CCC(=O)Nc1ccc(C(=O)N(C)C2CCCCC2)cc1. The summed E-state index contributed by atoms with van der Waals surface area (Å²) in [5.41, 5.74) is 1.41. The number of anilines is 1. The van der Waals surface area contributed by atoms with E-state index in [1.165, 1.54) is 19.3 Å². The van der Waals surface area contributed by atoms with E-state index in [0.717, 1.165) is 18.5 Å². The zero-order valence-corrected chi connectivity index (χ0v) is 12.9. The van der Waals surface area contributed by atoms with Gasteiger partial charge in [-0.15, -0.1) is 0 Å². The lowest BCUT2D eigenvalue weighted by atomic mass is 9.94. The van der Waals surface area contributed by atoms with Crippen molar-refractivity contribution in [3.63, 3.8) is 0 Å². The third kappa shape index (κ3) is 4.06. The van der Waals surface area contributed by atoms with Crippen LogP contribution in [0.4, 0.5) is 5.69 Å². The molecule has 1 aromatic carbocycles. The molecule has 1 N–H and O–H groups in total. The topological polar surface area (TPSA) is 49.4 Å². The molecule has 2 amide bonds. The number of hydrogen-bond acceptors (Lipinski definition) is 2. The first kappa shape index (κ1) is 15.5. The molecular weight excluding hydrogens is 264 g/mol. The predicted octanol–water partition coefficient (Wildman–Crippen LogP) is 3.44. The summed E-state index contributed by atoms with van der Waals surface area (Å²) >= 11 is 0. The Morgan fingerprint density at radius 2 is 1.76 bits per heavy atom. The highest BCUT2D eigenvalue weighted by molar-refractivity contribution is 5.95. The Morgan fingerprint density at radius 1 is 1.14 bits per heavy atom. The molecule has 4 heteroatoms. The summed E-state index contributed by atoms with van der Waals surface area (Å²) < 4.78 is 0. The molecule has 0 saturated heterocycles. The van der Waals surface area contributed by atoms with Crippen LogP contribution in [0.1, 0.15) is 55.8 Å². The van der Waals surface area contributed by atoms with E-state index < -0.39 is 0 Å². The van der Waals surface area contributed by atoms with Crippen molar-refractivity contribution in [3.8, 4) is 0 Å². The summed E-state index contributed by atoms with van der Waals surface area (Å²) in [6.45, 7) is 1.81. The molecule has 21 heavy (non-hydrogen) atoms. The van der Waals surface area contributed by atoms with E-state index in [4.69, 9.17) is 0 Å². The van der Waals surface area contributed by atoms with Gasteiger partial charge in [-0.3, -0.25) is 9.59 Å². The van der Waals surface area contributed by atoms with Gasteiger partial charge in [0.05, 0.1) is 0 Å². The second kappa shape index (κ2) is 7.25. The van der Waals surface area contributed by atoms with Gasteiger partial charge in [0.25, 0.3) is 5.91 Å². The fraction of sp³-hybridized carbons (Fsp3) is 0.529. The Labute approximate surface area is 126 Å². The number of benzene rings is 1. The van der Waals surface area contributed by atoms with Gasteiger partial charge in [-0.25, -0.2) is 0 Å². The van der Waals surface area contributed by atoms with E-state index in [2.05, 4.69) is 5.32 Å². The van der Waals surface area contributed by atoms with Gasteiger partial charge in [-0.05, 0) is 37.1 Å². The summed E-state index contributed by atoms with van der Waals surface area (Å²) in [6.07, 6.45) is 6.36. The van der Waals surface area contributed by atoms with Crippen molar-refractivity contribution in [3.05, 3.63) is 29.8 Å². The number of carbonyl (C=O) groups excluding carboxylic acids is 2. The van der Waals surface area contributed by atoms with Crippen LogP contribution in [0.2, 0.25) is 0 Å². The van der Waals surface area contributed by atoms with E-state index in [0.29, 0.717) is 18.0 Å². The summed E-state index contributed by atoms with van der Waals surface area (Å²) in [6, 6.07) is 7.51. The molecular formula is C17H24N2O2. The molecule has 0 heterocycles. The zero-order chi connectivity index (χ0) is 15.2. The summed E-state index contributed by atoms with van der Waals surface area (Å²) in [4.78, 5) is 25.7. The molecule has 0 aliphatic heterocycles. The molecule has 0 radical (unpaired) electrons. The molecule has 1 saturated carbocycles. The molecule has 4 nitrogen and oxygen atoms in total. The molecule has 1 aliphatic rings. The van der Waals surface area contributed by atoms with Gasteiger partial charge in [0.1, 0.15) is 0 Å². The molecule has 1 fully saturated rings. The summed E-state index contributed by atoms with van der Waals surface area (Å²) in [5.74, 6) is 0.0451. The molecule has 1 aromatic rings. The van der Waals surface area contributed by atoms with Gasteiger partial charge >= 0.3 is 0 Å². The van der Waals surface area contributed by atoms with Crippen molar-refractivity contribution in [2.45, 2.75) is 51.5 Å². The maximum absolute atomic E-state index is 12.5. The normalized spacial score (nSPS) is 15.5. The lowest BCUT2D eigenvalue weighted by molar-refractivity contribution is -0.115. The van der Waals surface area contributed by atoms with Crippen molar-refractivity contribution in [2.24, 2.45) is 0 Å². The molecule has 2 rings (SSSR count). The van der Waals surface area contributed by atoms with Crippen LogP contribution in [0.5, 0.6) is 0 Å². The van der Waals surface area contributed by atoms with Crippen molar-refractivity contribution < 1.29 is 9.59 Å². The largest absolute Gasteiger partial charge is 0.339 e. The molecule has 0 spiro atoms. The monoisotopic (exact) mass is 288 g/mol. The van der Waals surface area contributed by atoms with Crippen molar-refractivity contribution >= 4 is 17.5 Å². The van der Waals surface area contributed by atoms with E-state index in [-0.39, 0.29) is 11.8 Å². The lowest BCUT2D eigenvalue weighted by Crippen LogP contribution is -2.38. The Kier molecular flexibility index (Phi) is 5.37. The van der Waals surface area contributed by atoms with Gasteiger partial charge in [0, 0.05) is 30.8 Å². The molecule has 1 aliphatic carbocycles. The first-order valence-electron chi connectivity index (χ1n) is 7.79. The summed E-state index contributed by atoms with van der Waals surface area (Å²) in [5, 5.41) is 2.79. The molecule has 0 aromatic heterocycles. The quantitative estimate of drug-likeness (QED) is 0.922. The fourth-order valence-corrected chi connectivity index (χ4v) is 2.78. The van der Waals surface area contributed by atoms with Crippen molar-refractivity contribution in [1.82, 2.24) is 4.90 Å². The van der Waals surface area contributed by atoms with Crippen LogP contribution in [0.25, 0.3) is 0 Å². The minimum absolute atomic E-state index is 0.0200. The summed E-state index contributed by atoms with van der Waals surface area (Å²) in [7, 11) is 1.89. The van der Waals surface area contributed by atoms with Crippen LogP contribution in [-0.4, -0.2) is 29.8 Å². The van der Waals surface area contributed by atoms with Gasteiger partial charge in [-0.1, -0.05) is 26.2 Å². The number of amides is 2. The highest BCUT2D eigenvalue weighted by Crippen LogP contribution is 2.23. The minimum atomic E-state index is -0.0200. The Morgan fingerprint density at radius 3 is 2.33 bits per heavy atom. The highest BCUT2D eigenvalue weighted by Gasteiger charge is 2.22. The third-order valence-electron chi connectivity index (χ3n) is 4.18. The maximum Gasteiger partial charge on any atom is 0.253 e. The average molecular weight is 288 g/mol. The van der Waals surface area contributed by atoms with Gasteiger partial charge in [-0.2, -0.15) is 0 Å². The minimum Gasteiger partial charge on any atom is -0.339 e. The predicted molar refractivity (Wildman–Crippen MR) is 84.3 cm³/mol. The number of nitrogens with zero attached hydrogens (tertiary/aromatic N) is 1. The van der Waals surface area contributed by atoms with Gasteiger partial charge < -0.3 is 10.2 Å². The van der Waals surface area contributed by atoms with Crippen LogP contribution in [0.3, 0.4) is 0 Å². The van der Waals surface area contributed by atoms with Crippen molar-refractivity contribution in [1.29, 1.82) is 0 Å².